The number of rotatable bonds is 6. The van der Waals surface area contributed by atoms with Gasteiger partial charge in [0, 0.05) is 49.4 Å². The van der Waals surface area contributed by atoms with Crippen LogP contribution in [0.1, 0.15) is 49.3 Å². The van der Waals surface area contributed by atoms with E-state index in [1.54, 1.807) is 0 Å². The Morgan fingerprint density at radius 1 is 0.875 bits per heavy atom. The molecule has 0 bridgehead atoms. The van der Waals surface area contributed by atoms with Crippen molar-refractivity contribution in [3.63, 3.8) is 0 Å². The summed E-state index contributed by atoms with van der Waals surface area (Å²) in [6.07, 6.45) is 5.99. The van der Waals surface area contributed by atoms with E-state index in [1.165, 1.54) is 11.1 Å². The topological polar surface area (TPSA) is 58.5 Å². The molecule has 0 N–H and O–H groups in total. The second-order valence-electron chi connectivity index (χ2n) is 6.80. The van der Waals surface area contributed by atoms with Crippen molar-refractivity contribution in [3.8, 4) is 0 Å². The van der Waals surface area contributed by atoms with Gasteiger partial charge in [-0.2, -0.15) is 0 Å². The first kappa shape index (κ1) is 17.2. The van der Waals surface area contributed by atoms with Gasteiger partial charge in [-0.05, 0) is 26.7 Å². The Labute approximate surface area is 143 Å². The zero-order valence-corrected chi connectivity index (χ0v) is 15.2. The molecule has 132 valence electrons. The maximum absolute atomic E-state index is 5.23. The molecule has 1 saturated heterocycles. The smallest absolute Gasteiger partial charge is 0.138 e. The van der Waals surface area contributed by atoms with E-state index in [4.69, 9.17) is 9.05 Å². The van der Waals surface area contributed by atoms with Crippen LogP contribution in [0.2, 0.25) is 0 Å². The van der Waals surface area contributed by atoms with Gasteiger partial charge >= 0.3 is 0 Å². The van der Waals surface area contributed by atoms with Crippen LogP contribution < -0.4 is 0 Å². The standard InChI is InChI=1S/C18H28N4O2/c1-5-17-11-22(10-16-8-20-24-14(16)4)18(6-2)12-21(17)9-15-7-19-23-13(15)3/h7-8,17-18H,5-6,9-12H2,1-4H3. The highest BCUT2D eigenvalue weighted by Crippen LogP contribution is 2.25. The number of piperazine rings is 1. The van der Waals surface area contributed by atoms with E-state index >= 15 is 0 Å². The van der Waals surface area contributed by atoms with E-state index in [0.29, 0.717) is 12.1 Å². The molecule has 1 fully saturated rings. The predicted octanol–water partition coefficient (Wildman–Crippen LogP) is 3.15. The van der Waals surface area contributed by atoms with Crippen molar-refractivity contribution < 1.29 is 9.05 Å². The third kappa shape index (κ3) is 3.54. The van der Waals surface area contributed by atoms with Gasteiger partial charge in [0.05, 0.1) is 12.4 Å². The number of nitrogens with zero attached hydrogens (tertiary/aromatic N) is 4. The Balaban J connectivity index is 1.72. The van der Waals surface area contributed by atoms with Crippen LogP contribution >= 0.6 is 0 Å². The molecule has 0 radical (unpaired) electrons. The van der Waals surface area contributed by atoms with Crippen molar-refractivity contribution in [1.82, 2.24) is 20.1 Å². The summed E-state index contributed by atoms with van der Waals surface area (Å²) in [5, 5.41) is 7.84. The number of hydrogen-bond donors (Lipinski definition) is 0. The van der Waals surface area contributed by atoms with Crippen LogP contribution in [0.15, 0.2) is 21.4 Å². The molecule has 0 aromatic carbocycles. The van der Waals surface area contributed by atoms with Crippen LogP contribution in [-0.2, 0) is 13.1 Å². The zero-order chi connectivity index (χ0) is 17.1. The first-order valence-corrected chi connectivity index (χ1v) is 8.90. The van der Waals surface area contributed by atoms with Crippen molar-refractivity contribution in [2.24, 2.45) is 0 Å². The molecule has 0 amide bonds. The van der Waals surface area contributed by atoms with Gasteiger partial charge in [0.25, 0.3) is 0 Å². The fourth-order valence-corrected chi connectivity index (χ4v) is 3.61. The summed E-state index contributed by atoms with van der Waals surface area (Å²) in [6.45, 7) is 12.5. The van der Waals surface area contributed by atoms with Crippen LogP contribution in [-0.4, -0.2) is 45.3 Å². The molecule has 1 aliphatic rings. The third-order valence-electron chi connectivity index (χ3n) is 5.31. The maximum Gasteiger partial charge on any atom is 0.138 e. The van der Waals surface area contributed by atoms with E-state index in [-0.39, 0.29) is 0 Å². The lowest BCUT2D eigenvalue weighted by atomic mass is 10.0. The van der Waals surface area contributed by atoms with Gasteiger partial charge in [-0.25, -0.2) is 0 Å². The van der Waals surface area contributed by atoms with Gasteiger partial charge in [0.2, 0.25) is 0 Å². The second kappa shape index (κ2) is 7.49. The molecular weight excluding hydrogens is 304 g/mol. The fraction of sp³-hybridized carbons (Fsp3) is 0.667. The zero-order valence-electron chi connectivity index (χ0n) is 15.2. The minimum atomic E-state index is 0.544. The van der Waals surface area contributed by atoms with Crippen LogP contribution in [0.4, 0.5) is 0 Å². The van der Waals surface area contributed by atoms with E-state index in [1.807, 2.05) is 26.2 Å². The molecule has 0 spiro atoms. The largest absolute Gasteiger partial charge is 0.361 e. The molecule has 24 heavy (non-hydrogen) atoms. The molecule has 0 aliphatic carbocycles. The molecule has 3 rings (SSSR count). The molecule has 6 heteroatoms. The van der Waals surface area contributed by atoms with Crippen LogP contribution in [0, 0.1) is 13.8 Å². The van der Waals surface area contributed by atoms with Crippen molar-refractivity contribution >= 4 is 0 Å². The monoisotopic (exact) mass is 332 g/mol. The Kier molecular flexibility index (Phi) is 5.36. The van der Waals surface area contributed by atoms with Gasteiger partial charge in [-0.3, -0.25) is 9.80 Å². The lowest BCUT2D eigenvalue weighted by Crippen LogP contribution is -2.57. The predicted molar refractivity (Wildman–Crippen MR) is 91.5 cm³/mol. The van der Waals surface area contributed by atoms with E-state index in [9.17, 15) is 0 Å². The molecule has 1 aliphatic heterocycles. The van der Waals surface area contributed by atoms with E-state index in [2.05, 4.69) is 34.0 Å². The summed E-state index contributed by atoms with van der Waals surface area (Å²) >= 11 is 0. The van der Waals surface area contributed by atoms with E-state index in [0.717, 1.165) is 50.5 Å². The van der Waals surface area contributed by atoms with Crippen LogP contribution in [0.5, 0.6) is 0 Å². The Bertz CT molecular complexity index is 595. The normalized spacial score (nSPS) is 23.0. The SMILES string of the molecule is CCC1CN(Cc2cnoc2C)C(CC)CN1Cc1cnoc1C. The minimum Gasteiger partial charge on any atom is -0.361 e. The highest BCUT2D eigenvalue weighted by Gasteiger charge is 2.32. The molecule has 0 saturated carbocycles. The molecule has 2 unspecified atom stereocenters. The first-order valence-electron chi connectivity index (χ1n) is 8.90. The third-order valence-corrected chi connectivity index (χ3v) is 5.31. The van der Waals surface area contributed by atoms with Crippen molar-refractivity contribution in [2.75, 3.05) is 13.1 Å². The Morgan fingerprint density at radius 2 is 1.29 bits per heavy atom. The summed E-state index contributed by atoms with van der Waals surface area (Å²) in [7, 11) is 0. The van der Waals surface area contributed by atoms with Crippen LogP contribution in [0.3, 0.4) is 0 Å². The second-order valence-corrected chi connectivity index (χ2v) is 6.80. The van der Waals surface area contributed by atoms with Gasteiger partial charge < -0.3 is 9.05 Å². The highest BCUT2D eigenvalue weighted by atomic mass is 16.5. The molecular formula is C18H28N4O2. The number of aryl methyl sites for hydroxylation is 2. The molecule has 2 aromatic heterocycles. The quantitative estimate of drug-likeness (QED) is 0.810. The number of aromatic nitrogens is 2. The molecule has 2 aromatic rings. The Hall–Kier alpha value is -1.66. The van der Waals surface area contributed by atoms with Crippen molar-refractivity contribution in [2.45, 2.75) is 65.7 Å². The summed E-state index contributed by atoms with van der Waals surface area (Å²) < 4.78 is 10.5. The average Bonchev–Trinajstić information content (AvgIpc) is 3.17. The molecule has 6 nitrogen and oxygen atoms in total. The van der Waals surface area contributed by atoms with E-state index < -0.39 is 0 Å². The number of hydrogen-bond acceptors (Lipinski definition) is 6. The first-order chi connectivity index (χ1) is 11.6. The Morgan fingerprint density at radius 3 is 1.58 bits per heavy atom. The lowest BCUT2D eigenvalue weighted by molar-refractivity contribution is 0.0146. The summed E-state index contributed by atoms with van der Waals surface area (Å²) in [5.74, 6) is 1.86. The minimum absolute atomic E-state index is 0.544. The highest BCUT2D eigenvalue weighted by molar-refractivity contribution is 5.13. The van der Waals surface area contributed by atoms with Crippen molar-refractivity contribution in [3.05, 3.63) is 35.0 Å². The maximum atomic E-state index is 5.23. The summed E-state index contributed by atoms with van der Waals surface area (Å²) in [5.41, 5.74) is 2.40. The van der Waals surface area contributed by atoms with Crippen molar-refractivity contribution in [1.29, 1.82) is 0 Å². The lowest BCUT2D eigenvalue weighted by Gasteiger charge is -2.46. The fourth-order valence-electron chi connectivity index (χ4n) is 3.61. The summed E-state index contributed by atoms with van der Waals surface area (Å²) in [4.78, 5) is 5.18. The van der Waals surface area contributed by atoms with Gasteiger partial charge in [0.1, 0.15) is 11.5 Å². The molecule has 2 atom stereocenters. The summed E-state index contributed by atoms with van der Waals surface area (Å²) in [6, 6.07) is 1.09. The van der Waals surface area contributed by atoms with Gasteiger partial charge in [-0.15, -0.1) is 0 Å². The van der Waals surface area contributed by atoms with Gasteiger partial charge in [-0.1, -0.05) is 24.2 Å². The van der Waals surface area contributed by atoms with Gasteiger partial charge in [0.15, 0.2) is 0 Å². The molecule has 3 heterocycles. The van der Waals surface area contributed by atoms with Crippen LogP contribution in [0.25, 0.3) is 0 Å². The average molecular weight is 332 g/mol.